The van der Waals surface area contributed by atoms with Crippen molar-refractivity contribution in [2.75, 3.05) is 5.73 Å². The molecule has 0 aliphatic heterocycles. The number of aromatic carboxylic acids is 1. The zero-order valence-electron chi connectivity index (χ0n) is 6.38. The summed E-state index contributed by atoms with van der Waals surface area (Å²) in [6.45, 7) is 0. The third-order valence-corrected chi connectivity index (χ3v) is 1.24. The Kier molecular flexibility index (Phi) is 2.32. The van der Waals surface area contributed by atoms with Crippen LogP contribution in [0.25, 0.3) is 10.4 Å². The first-order valence-electron chi connectivity index (χ1n) is 3.19. The van der Waals surface area contributed by atoms with Gasteiger partial charge in [-0.15, -0.1) is 0 Å². The largest absolute Gasteiger partial charge is 0.477 e. The second-order valence-corrected chi connectivity index (χ2v) is 2.13. The molecule has 7 nitrogen and oxygen atoms in total. The number of azide groups is 1. The summed E-state index contributed by atoms with van der Waals surface area (Å²) in [6.07, 6.45) is 1.18. The molecule has 0 saturated carbocycles. The zero-order chi connectivity index (χ0) is 9.84. The van der Waals surface area contributed by atoms with Crippen LogP contribution in [0.2, 0.25) is 0 Å². The van der Waals surface area contributed by atoms with Crippen molar-refractivity contribution in [3.63, 3.8) is 0 Å². The number of carboxylic acid groups (broad SMARTS) is 1. The molecule has 0 bridgehead atoms. The highest BCUT2D eigenvalue weighted by Gasteiger charge is 2.10. The summed E-state index contributed by atoms with van der Waals surface area (Å²) in [5.74, 6) is -1.26. The van der Waals surface area contributed by atoms with Gasteiger partial charge in [-0.05, 0) is 11.6 Å². The molecule has 0 aliphatic carbocycles. The first kappa shape index (κ1) is 8.82. The van der Waals surface area contributed by atoms with Crippen molar-refractivity contribution in [1.29, 1.82) is 0 Å². The molecule has 0 atom stereocenters. The van der Waals surface area contributed by atoms with Crippen LogP contribution in [0.5, 0.6) is 0 Å². The van der Waals surface area contributed by atoms with Crippen molar-refractivity contribution in [1.82, 2.24) is 4.98 Å². The van der Waals surface area contributed by atoms with Crippen LogP contribution in [0.1, 0.15) is 10.5 Å². The Hall–Kier alpha value is -2.27. The third kappa shape index (κ3) is 1.85. The number of hydrogen-bond acceptors (Lipinski definition) is 4. The Morgan fingerprint density at radius 3 is 3.00 bits per heavy atom. The topological polar surface area (TPSA) is 125 Å². The average Bonchev–Trinajstić information content (AvgIpc) is 2.04. The van der Waals surface area contributed by atoms with Crippen LogP contribution in [0, 0.1) is 0 Å². The summed E-state index contributed by atoms with van der Waals surface area (Å²) < 4.78 is 0. The lowest BCUT2D eigenvalue weighted by Crippen LogP contribution is -2.01. The van der Waals surface area contributed by atoms with E-state index in [1.54, 1.807) is 0 Å². The summed E-state index contributed by atoms with van der Waals surface area (Å²) in [5.41, 5.74) is 13.3. The fraction of sp³-hybridized carbons (Fsp3) is 0. The summed E-state index contributed by atoms with van der Waals surface area (Å²) in [7, 11) is 0. The van der Waals surface area contributed by atoms with E-state index in [2.05, 4.69) is 15.0 Å². The predicted octanol–water partition coefficient (Wildman–Crippen LogP) is 1.30. The molecular weight excluding hydrogens is 174 g/mol. The first-order chi connectivity index (χ1) is 6.15. The normalized spacial score (nSPS) is 8.92. The van der Waals surface area contributed by atoms with Gasteiger partial charge in [0, 0.05) is 4.91 Å². The number of rotatable bonds is 2. The van der Waals surface area contributed by atoms with Gasteiger partial charge in [0.2, 0.25) is 0 Å². The molecule has 0 spiro atoms. The minimum atomic E-state index is -1.26. The maximum Gasteiger partial charge on any atom is 0.354 e. The van der Waals surface area contributed by atoms with Crippen LogP contribution >= 0.6 is 0 Å². The quantitative estimate of drug-likeness (QED) is 0.403. The molecule has 0 fully saturated rings. The van der Waals surface area contributed by atoms with Gasteiger partial charge in [0.05, 0.1) is 17.6 Å². The van der Waals surface area contributed by atoms with Gasteiger partial charge in [-0.3, -0.25) is 0 Å². The highest BCUT2D eigenvalue weighted by molar-refractivity contribution is 5.91. The summed E-state index contributed by atoms with van der Waals surface area (Å²) in [5, 5.41) is 11.7. The van der Waals surface area contributed by atoms with Crippen LogP contribution in [0.15, 0.2) is 17.4 Å². The highest BCUT2D eigenvalue weighted by Crippen LogP contribution is 2.19. The van der Waals surface area contributed by atoms with Crippen molar-refractivity contribution < 1.29 is 9.90 Å². The van der Waals surface area contributed by atoms with Crippen LogP contribution in [-0.2, 0) is 0 Å². The molecule has 13 heavy (non-hydrogen) atoms. The molecule has 0 unspecified atom stereocenters. The number of aromatic nitrogens is 1. The van der Waals surface area contributed by atoms with E-state index in [-0.39, 0.29) is 17.1 Å². The number of nitrogen functional groups attached to an aromatic ring is 1. The Balaban J connectivity index is 3.34. The van der Waals surface area contributed by atoms with Crippen molar-refractivity contribution in [2.24, 2.45) is 5.11 Å². The minimum Gasteiger partial charge on any atom is -0.477 e. The standard InChI is InChI=1S/C6H5N5O2/c7-3-1-4(10-11-8)5(6(12)13)9-2-3/h1-2H,7H2,(H,12,13). The monoisotopic (exact) mass is 179 g/mol. The Labute approximate surface area is 72.4 Å². The van der Waals surface area contributed by atoms with Crippen molar-refractivity contribution in [2.45, 2.75) is 0 Å². The lowest BCUT2D eigenvalue weighted by Gasteiger charge is -1.98. The summed E-state index contributed by atoms with van der Waals surface area (Å²) in [6, 6.07) is 1.25. The van der Waals surface area contributed by atoms with Gasteiger partial charge in [0.1, 0.15) is 0 Å². The van der Waals surface area contributed by atoms with E-state index in [1.165, 1.54) is 12.3 Å². The average molecular weight is 179 g/mol. The van der Waals surface area contributed by atoms with Crippen molar-refractivity contribution in [3.8, 4) is 0 Å². The van der Waals surface area contributed by atoms with Crippen LogP contribution in [-0.4, -0.2) is 16.1 Å². The van der Waals surface area contributed by atoms with Crippen molar-refractivity contribution in [3.05, 3.63) is 28.4 Å². The number of hydrogen-bond donors (Lipinski definition) is 2. The molecule has 1 aromatic rings. The number of pyridine rings is 1. The molecule has 1 rings (SSSR count). The Morgan fingerprint density at radius 1 is 1.77 bits per heavy atom. The second kappa shape index (κ2) is 3.42. The van der Waals surface area contributed by atoms with Crippen molar-refractivity contribution >= 4 is 17.3 Å². The van der Waals surface area contributed by atoms with Crippen LogP contribution in [0.3, 0.4) is 0 Å². The predicted molar refractivity (Wildman–Crippen MR) is 44.4 cm³/mol. The molecule has 0 aromatic carbocycles. The lowest BCUT2D eigenvalue weighted by molar-refractivity contribution is 0.0691. The molecule has 0 amide bonds. The van der Waals surface area contributed by atoms with Gasteiger partial charge < -0.3 is 10.8 Å². The fourth-order valence-corrected chi connectivity index (χ4v) is 0.758. The SMILES string of the molecule is [N-]=[N+]=Nc1cc(N)cnc1C(=O)O. The molecule has 7 heteroatoms. The zero-order valence-corrected chi connectivity index (χ0v) is 6.38. The van der Waals surface area contributed by atoms with Crippen LogP contribution < -0.4 is 5.73 Å². The molecule has 1 heterocycles. The Bertz CT molecular complexity index is 396. The molecule has 66 valence electrons. The molecular formula is C6H5N5O2. The third-order valence-electron chi connectivity index (χ3n) is 1.24. The summed E-state index contributed by atoms with van der Waals surface area (Å²) >= 11 is 0. The van der Waals surface area contributed by atoms with E-state index < -0.39 is 5.97 Å². The van der Waals surface area contributed by atoms with Gasteiger partial charge in [-0.1, -0.05) is 5.11 Å². The number of nitrogens with zero attached hydrogens (tertiary/aromatic N) is 4. The number of anilines is 1. The second-order valence-electron chi connectivity index (χ2n) is 2.13. The molecule has 0 saturated heterocycles. The smallest absolute Gasteiger partial charge is 0.354 e. The van der Waals surface area contributed by atoms with E-state index in [1.807, 2.05) is 0 Å². The lowest BCUT2D eigenvalue weighted by atomic mass is 10.3. The van der Waals surface area contributed by atoms with Gasteiger partial charge in [-0.2, -0.15) is 0 Å². The van der Waals surface area contributed by atoms with E-state index in [0.29, 0.717) is 0 Å². The molecule has 1 aromatic heterocycles. The number of carbonyl (C=O) groups is 1. The van der Waals surface area contributed by atoms with Crippen LogP contribution in [0.4, 0.5) is 11.4 Å². The van der Waals surface area contributed by atoms with E-state index in [9.17, 15) is 4.79 Å². The maximum absolute atomic E-state index is 10.5. The number of nitrogens with two attached hydrogens (primary N) is 1. The number of carboxylic acids is 1. The highest BCUT2D eigenvalue weighted by atomic mass is 16.4. The first-order valence-corrected chi connectivity index (χ1v) is 3.19. The molecule has 0 aliphatic rings. The van der Waals surface area contributed by atoms with Gasteiger partial charge in [0.15, 0.2) is 5.69 Å². The van der Waals surface area contributed by atoms with E-state index >= 15 is 0 Å². The van der Waals surface area contributed by atoms with Gasteiger partial charge in [0.25, 0.3) is 0 Å². The fourth-order valence-electron chi connectivity index (χ4n) is 0.758. The van der Waals surface area contributed by atoms with Gasteiger partial charge in [-0.25, -0.2) is 9.78 Å². The van der Waals surface area contributed by atoms with Gasteiger partial charge >= 0.3 is 5.97 Å². The summed E-state index contributed by atoms with van der Waals surface area (Å²) in [4.78, 5) is 16.5. The minimum absolute atomic E-state index is 0.0880. The molecule has 0 radical (unpaired) electrons. The molecule has 3 N–H and O–H groups in total. The van der Waals surface area contributed by atoms with E-state index in [0.717, 1.165) is 0 Å². The maximum atomic E-state index is 10.5. The van der Waals surface area contributed by atoms with E-state index in [4.69, 9.17) is 16.4 Å². The Morgan fingerprint density at radius 2 is 2.46 bits per heavy atom.